The van der Waals surface area contributed by atoms with Crippen LogP contribution in [0.5, 0.6) is 0 Å². The number of benzene rings is 1. The van der Waals surface area contributed by atoms with Gasteiger partial charge in [-0.2, -0.15) is 0 Å². The predicted molar refractivity (Wildman–Crippen MR) is 67.4 cm³/mol. The van der Waals surface area contributed by atoms with E-state index >= 15 is 0 Å². The molecule has 1 aromatic rings. The molecule has 0 atom stereocenters. The zero-order valence-electron chi connectivity index (χ0n) is 10.7. The highest BCUT2D eigenvalue weighted by Gasteiger charge is 2.15. The van der Waals surface area contributed by atoms with Crippen molar-refractivity contribution < 1.29 is 18.3 Å². The molecule has 0 spiro atoms. The van der Waals surface area contributed by atoms with Gasteiger partial charge < -0.3 is 4.74 Å². The lowest BCUT2D eigenvalue weighted by atomic mass is 10.0. The Balaban J connectivity index is 1.95. The van der Waals surface area contributed by atoms with Crippen LogP contribution in [0, 0.1) is 5.82 Å². The molecular formula is C14H17F2NO2. The first kappa shape index (κ1) is 14.1. The quantitative estimate of drug-likeness (QED) is 0.767. The first-order valence-electron chi connectivity index (χ1n) is 6.38. The van der Waals surface area contributed by atoms with Crippen molar-refractivity contribution in [3.63, 3.8) is 0 Å². The van der Waals surface area contributed by atoms with E-state index in [1.165, 1.54) is 12.1 Å². The molecule has 1 saturated heterocycles. The first-order chi connectivity index (χ1) is 9.20. The minimum absolute atomic E-state index is 0.131. The highest BCUT2D eigenvalue weighted by atomic mass is 19.1. The van der Waals surface area contributed by atoms with Gasteiger partial charge in [0.2, 0.25) is 0 Å². The molecule has 0 bridgehead atoms. The number of ether oxygens (including phenoxy) is 1. The average molecular weight is 269 g/mol. The lowest BCUT2D eigenvalue weighted by Gasteiger charge is -2.26. The van der Waals surface area contributed by atoms with Crippen LogP contribution in [-0.2, 0) is 11.4 Å². The van der Waals surface area contributed by atoms with E-state index in [1.54, 1.807) is 0 Å². The Morgan fingerprint density at radius 3 is 2.74 bits per heavy atom. The number of nitrogens with zero attached hydrogens (tertiary/aromatic N) is 1. The second kappa shape index (κ2) is 6.73. The molecule has 2 rings (SSSR count). The summed E-state index contributed by atoms with van der Waals surface area (Å²) in [7, 11) is 0. The van der Waals surface area contributed by atoms with Crippen LogP contribution in [-0.4, -0.2) is 43.5 Å². The topological polar surface area (TPSA) is 29.5 Å². The summed E-state index contributed by atoms with van der Waals surface area (Å²) >= 11 is 0. The molecule has 19 heavy (non-hydrogen) atoms. The van der Waals surface area contributed by atoms with E-state index in [9.17, 15) is 13.6 Å². The zero-order valence-corrected chi connectivity index (χ0v) is 10.7. The van der Waals surface area contributed by atoms with Gasteiger partial charge in [0.1, 0.15) is 12.5 Å². The molecule has 0 unspecified atom stereocenters. The van der Waals surface area contributed by atoms with Crippen LogP contribution in [0.1, 0.15) is 22.3 Å². The maximum Gasteiger partial charge on any atom is 0.164 e. The summed E-state index contributed by atoms with van der Waals surface area (Å²) in [5.41, 5.74) is 0.420. The van der Waals surface area contributed by atoms with Gasteiger partial charge in [0, 0.05) is 31.6 Å². The summed E-state index contributed by atoms with van der Waals surface area (Å²) < 4.78 is 31.0. The van der Waals surface area contributed by atoms with Crippen molar-refractivity contribution in [1.82, 2.24) is 4.90 Å². The van der Waals surface area contributed by atoms with E-state index in [0.29, 0.717) is 26.2 Å². The third-order valence-electron chi connectivity index (χ3n) is 3.27. The lowest BCUT2D eigenvalue weighted by molar-refractivity contribution is 0.0370. The van der Waals surface area contributed by atoms with Gasteiger partial charge in [-0.1, -0.05) is 0 Å². The van der Waals surface area contributed by atoms with Gasteiger partial charge in [-0.25, -0.2) is 8.78 Å². The standard InChI is InChI=1S/C14H17F2NO2/c15-10-11-9-12(16)1-2-13(11)14(18)3-4-17-5-7-19-8-6-17/h1-2,9H,3-8,10H2. The van der Waals surface area contributed by atoms with E-state index in [0.717, 1.165) is 19.2 Å². The molecular weight excluding hydrogens is 252 g/mol. The first-order valence-corrected chi connectivity index (χ1v) is 6.38. The van der Waals surface area contributed by atoms with Crippen LogP contribution in [0.25, 0.3) is 0 Å². The molecule has 3 nitrogen and oxygen atoms in total. The number of carbonyl (C=O) groups excluding carboxylic acids is 1. The Hall–Kier alpha value is -1.33. The van der Waals surface area contributed by atoms with Crippen molar-refractivity contribution in [2.45, 2.75) is 13.1 Å². The zero-order chi connectivity index (χ0) is 13.7. The van der Waals surface area contributed by atoms with Crippen molar-refractivity contribution >= 4 is 5.78 Å². The minimum Gasteiger partial charge on any atom is -0.379 e. The molecule has 0 saturated carbocycles. The average Bonchev–Trinajstić information content (AvgIpc) is 2.45. The van der Waals surface area contributed by atoms with Gasteiger partial charge in [0.05, 0.1) is 13.2 Å². The van der Waals surface area contributed by atoms with Gasteiger partial charge in [-0.05, 0) is 23.8 Å². The molecule has 1 aliphatic rings. The molecule has 1 aliphatic heterocycles. The molecule has 0 radical (unpaired) electrons. The number of hydrogen-bond acceptors (Lipinski definition) is 3. The molecule has 0 aromatic heterocycles. The monoisotopic (exact) mass is 269 g/mol. The fourth-order valence-corrected chi connectivity index (χ4v) is 2.16. The molecule has 104 valence electrons. The van der Waals surface area contributed by atoms with Crippen LogP contribution < -0.4 is 0 Å². The molecule has 1 heterocycles. The number of alkyl halides is 1. The van der Waals surface area contributed by atoms with Crippen LogP contribution in [0.15, 0.2) is 18.2 Å². The van der Waals surface area contributed by atoms with E-state index in [4.69, 9.17) is 4.74 Å². The summed E-state index contributed by atoms with van der Waals surface area (Å²) in [5, 5.41) is 0. The van der Waals surface area contributed by atoms with Crippen LogP contribution in [0.4, 0.5) is 8.78 Å². The predicted octanol–water partition coefficient (Wildman–Crippen LogP) is 2.20. The van der Waals surface area contributed by atoms with Gasteiger partial charge in [-0.15, -0.1) is 0 Å². The summed E-state index contributed by atoms with van der Waals surface area (Å²) in [6.45, 7) is 2.79. The van der Waals surface area contributed by atoms with Gasteiger partial charge in [-0.3, -0.25) is 9.69 Å². The Bertz CT molecular complexity index is 445. The van der Waals surface area contributed by atoms with E-state index in [1.807, 2.05) is 0 Å². The number of hydrogen-bond donors (Lipinski definition) is 0. The second-order valence-electron chi connectivity index (χ2n) is 4.56. The number of halogens is 2. The highest BCUT2D eigenvalue weighted by Crippen LogP contribution is 2.15. The maximum atomic E-state index is 13.0. The van der Waals surface area contributed by atoms with Crippen molar-refractivity contribution in [2.75, 3.05) is 32.8 Å². The van der Waals surface area contributed by atoms with Gasteiger partial charge in [0.25, 0.3) is 0 Å². The number of Topliss-reactive ketones (excluding diaryl/α,β-unsaturated/α-hetero) is 1. The summed E-state index contributed by atoms with van der Waals surface area (Å²) in [6, 6.07) is 3.65. The summed E-state index contributed by atoms with van der Waals surface area (Å²) in [5.74, 6) is -0.656. The van der Waals surface area contributed by atoms with Crippen LogP contribution >= 0.6 is 0 Å². The van der Waals surface area contributed by atoms with Crippen molar-refractivity contribution in [3.05, 3.63) is 35.1 Å². The summed E-state index contributed by atoms with van der Waals surface area (Å²) in [4.78, 5) is 14.2. The lowest BCUT2D eigenvalue weighted by Crippen LogP contribution is -2.37. The molecule has 1 fully saturated rings. The summed E-state index contributed by atoms with van der Waals surface area (Å²) in [6.07, 6.45) is 0.318. The second-order valence-corrected chi connectivity index (χ2v) is 4.56. The Morgan fingerprint density at radius 1 is 1.32 bits per heavy atom. The number of morpholine rings is 1. The largest absolute Gasteiger partial charge is 0.379 e. The molecule has 1 aromatic carbocycles. The van der Waals surface area contributed by atoms with E-state index in [2.05, 4.69) is 4.90 Å². The fourth-order valence-electron chi connectivity index (χ4n) is 2.16. The van der Waals surface area contributed by atoms with Crippen molar-refractivity contribution in [2.24, 2.45) is 0 Å². The maximum absolute atomic E-state index is 13.0. The van der Waals surface area contributed by atoms with Gasteiger partial charge in [0.15, 0.2) is 5.78 Å². The fraction of sp³-hybridized carbons (Fsp3) is 0.500. The molecule has 5 heteroatoms. The number of rotatable bonds is 5. The third-order valence-corrected chi connectivity index (χ3v) is 3.27. The molecule has 0 amide bonds. The Kier molecular flexibility index (Phi) is 4.99. The number of carbonyl (C=O) groups is 1. The smallest absolute Gasteiger partial charge is 0.164 e. The van der Waals surface area contributed by atoms with Crippen molar-refractivity contribution in [3.8, 4) is 0 Å². The third kappa shape index (κ3) is 3.81. The van der Waals surface area contributed by atoms with E-state index < -0.39 is 12.5 Å². The van der Waals surface area contributed by atoms with Crippen molar-refractivity contribution in [1.29, 1.82) is 0 Å². The Morgan fingerprint density at radius 2 is 2.05 bits per heavy atom. The molecule has 0 aliphatic carbocycles. The van der Waals surface area contributed by atoms with Crippen LogP contribution in [0.2, 0.25) is 0 Å². The SMILES string of the molecule is O=C(CCN1CCOCC1)c1ccc(F)cc1CF. The van der Waals surface area contributed by atoms with Crippen LogP contribution in [0.3, 0.4) is 0 Å². The molecule has 0 N–H and O–H groups in total. The van der Waals surface area contributed by atoms with E-state index in [-0.39, 0.29) is 16.9 Å². The highest BCUT2D eigenvalue weighted by molar-refractivity contribution is 5.97. The Labute approximate surface area is 111 Å². The normalized spacial score (nSPS) is 16.5. The van der Waals surface area contributed by atoms with Gasteiger partial charge >= 0.3 is 0 Å². The minimum atomic E-state index is -0.823. The number of ketones is 1.